The molecule has 2 aromatic rings. The van der Waals surface area contributed by atoms with Crippen molar-refractivity contribution in [1.29, 1.82) is 0 Å². The largest absolute Gasteiger partial charge is 0.311 e. The number of fused-ring (bicyclic) bond motifs is 1. The van der Waals surface area contributed by atoms with Gasteiger partial charge in [0.25, 0.3) is 0 Å². The molecular weight excluding hydrogens is 246 g/mol. The van der Waals surface area contributed by atoms with Crippen molar-refractivity contribution in [3.63, 3.8) is 0 Å². The van der Waals surface area contributed by atoms with Crippen LogP contribution in [-0.2, 0) is 6.54 Å². The van der Waals surface area contributed by atoms with E-state index in [0.717, 1.165) is 30.9 Å². The van der Waals surface area contributed by atoms with Gasteiger partial charge in [-0.3, -0.25) is 0 Å². The minimum absolute atomic E-state index is 0.237. The Morgan fingerprint density at radius 1 is 1.39 bits per heavy atom. The van der Waals surface area contributed by atoms with Crippen LogP contribution in [0.3, 0.4) is 0 Å². The number of nitrogens with zero attached hydrogens (tertiary/aromatic N) is 2. The van der Waals surface area contributed by atoms with Crippen LogP contribution < -0.4 is 5.32 Å². The molecule has 3 nitrogen and oxygen atoms in total. The van der Waals surface area contributed by atoms with Crippen molar-refractivity contribution in [2.75, 3.05) is 12.4 Å². The number of hydrogen-bond donors (Lipinski definition) is 1. The van der Waals surface area contributed by atoms with Crippen LogP contribution in [0.15, 0.2) is 30.6 Å². The first-order valence-corrected chi connectivity index (χ1v) is 6.83. The standard InChI is InChI=1S/C14H20ClN3/c1-14(2,6-7-15)11-16-9-12-10-18-8-4-3-5-13(18)17-12/h3-5,8,10,16H,6-7,9,11H2,1-2H3. The lowest BCUT2D eigenvalue weighted by Gasteiger charge is -2.23. The summed E-state index contributed by atoms with van der Waals surface area (Å²) in [5, 5.41) is 3.45. The summed E-state index contributed by atoms with van der Waals surface area (Å²) < 4.78 is 2.04. The fourth-order valence-corrected chi connectivity index (χ4v) is 2.46. The van der Waals surface area contributed by atoms with Gasteiger partial charge in [0.2, 0.25) is 0 Å². The Morgan fingerprint density at radius 3 is 2.94 bits per heavy atom. The van der Waals surface area contributed by atoms with E-state index in [0.29, 0.717) is 5.88 Å². The van der Waals surface area contributed by atoms with E-state index in [1.165, 1.54) is 0 Å². The van der Waals surface area contributed by atoms with E-state index in [2.05, 4.69) is 30.3 Å². The Hall–Kier alpha value is -1.06. The number of pyridine rings is 1. The third kappa shape index (κ3) is 3.47. The molecule has 0 aliphatic heterocycles. The number of aromatic nitrogens is 2. The lowest BCUT2D eigenvalue weighted by molar-refractivity contribution is 0.329. The molecule has 0 aliphatic rings. The van der Waals surface area contributed by atoms with Crippen LogP contribution in [0, 0.1) is 5.41 Å². The fourth-order valence-electron chi connectivity index (χ4n) is 1.95. The molecule has 2 heterocycles. The molecule has 0 spiro atoms. The predicted octanol–water partition coefficient (Wildman–Crippen LogP) is 3.08. The number of nitrogens with one attached hydrogen (secondary N) is 1. The van der Waals surface area contributed by atoms with Gasteiger partial charge >= 0.3 is 0 Å². The highest BCUT2D eigenvalue weighted by molar-refractivity contribution is 6.17. The van der Waals surface area contributed by atoms with E-state index in [-0.39, 0.29) is 5.41 Å². The summed E-state index contributed by atoms with van der Waals surface area (Å²) in [5.74, 6) is 0.711. The highest BCUT2D eigenvalue weighted by atomic mass is 35.5. The van der Waals surface area contributed by atoms with Gasteiger partial charge in [0, 0.05) is 31.4 Å². The van der Waals surface area contributed by atoms with Gasteiger partial charge in [-0.15, -0.1) is 11.6 Å². The van der Waals surface area contributed by atoms with Gasteiger partial charge in [0.1, 0.15) is 5.65 Å². The van der Waals surface area contributed by atoms with E-state index < -0.39 is 0 Å². The molecule has 4 heteroatoms. The molecule has 1 N–H and O–H groups in total. The van der Waals surface area contributed by atoms with Gasteiger partial charge in [-0.05, 0) is 24.0 Å². The van der Waals surface area contributed by atoms with Crippen LogP contribution in [0.5, 0.6) is 0 Å². The average molecular weight is 266 g/mol. The molecule has 0 bridgehead atoms. The molecule has 2 aromatic heterocycles. The SMILES string of the molecule is CC(C)(CCCl)CNCc1cn2ccccc2n1. The fraction of sp³-hybridized carbons (Fsp3) is 0.500. The summed E-state index contributed by atoms with van der Waals surface area (Å²) in [5.41, 5.74) is 2.30. The molecule has 0 saturated carbocycles. The van der Waals surface area contributed by atoms with Crippen molar-refractivity contribution >= 4 is 17.2 Å². The molecular formula is C14H20ClN3. The molecule has 98 valence electrons. The Bertz CT molecular complexity index is 471. The third-order valence-electron chi connectivity index (χ3n) is 3.09. The van der Waals surface area contributed by atoms with Crippen molar-refractivity contribution in [3.05, 3.63) is 36.3 Å². The van der Waals surface area contributed by atoms with E-state index in [1.807, 2.05) is 28.8 Å². The molecule has 0 amide bonds. The first-order chi connectivity index (χ1) is 8.61. The zero-order chi connectivity index (χ0) is 13.0. The number of alkyl halides is 1. The summed E-state index contributed by atoms with van der Waals surface area (Å²) in [6.45, 7) is 6.21. The smallest absolute Gasteiger partial charge is 0.137 e. The molecule has 0 atom stereocenters. The molecule has 0 radical (unpaired) electrons. The molecule has 0 fully saturated rings. The van der Waals surface area contributed by atoms with Gasteiger partial charge in [-0.1, -0.05) is 19.9 Å². The van der Waals surface area contributed by atoms with Crippen molar-refractivity contribution in [3.8, 4) is 0 Å². The number of rotatable bonds is 6. The maximum Gasteiger partial charge on any atom is 0.137 e. The minimum Gasteiger partial charge on any atom is -0.311 e. The normalized spacial score (nSPS) is 12.2. The van der Waals surface area contributed by atoms with Gasteiger partial charge < -0.3 is 9.72 Å². The summed E-state index contributed by atoms with van der Waals surface area (Å²) in [4.78, 5) is 4.55. The highest BCUT2D eigenvalue weighted by Crippen LogP contribution is 2.19. The molecule has 2 rings (SSSR count). The first kappa shape index (κ1) is 13.4. The van der Waals surface area contributed by atoms with Crippen LogP contribution >= 0.6 is 11.6 Å². The lowest BCUT2D eigenvalue weighted by Crippen LogP contribution is -2.29. The molecule has 0 unspecified atom stereocenters. The second kappa shape index (κ2) is 5.72. The molecule has 0 aliphatic carbocycles. The summed E-state index contributed by atoms with van der Waals surface area (Å²) >= 11 is 5.79. The van der Waals surface area contributed by atoms with Crippen LogP contribution in [0.1, 0.15) is 26.0 Å². The number of imidazole rings is 1. The van der Waals surface area contributed by atoms with Gasteiger partial charge in [0.05, 0.1) is 5.69 Å². The van der Waals surface area contributed by atoms with Gasteiger partial charge in [-0.25, -0.2) is 4.98 Å². The quantitative estimate of drug-likeness (QED) is 0.814. The van der Waals surface area contributed by atoms with Crippen LogP contribution in [0.25, 0.3) is 5.65 Å². The maximum atomic E-state index is 5.79. The van der Waals surface area contributed by atoms with Crippen LogP contribution in [-0.4, -0.2) is 21.8 Å². The summed E-state index contributed by atoms with van der Waals surface area (Å²) in [6.07, 6.45) is 5.10. The zero-order valence-corrected chi connectivity index (χ0v) is 11.7. The van der Waals surface area contributed by atoms with Crippen molar-refractivity contribution in [1.82, 2.24) is 14.7 Å². The van der Waals surface area contributed by atoms with Gasteiger partial charge in [-0.2, -0.15) is 0 Å². The van der Waals surface area contributed by atoms with Crippen molar-refractivity contribution in [2.24, 2.45) is 5.41 Å². The highest BCUT2D eigenvalue weighted by Gasteiger charge is 2.16. The van der Waals surface area contributed by atoms with Crippen LogP contribution in [0.2, 0.25) is 0 Å². The Labute approximate surface area is 113 Å². The van der Waals surface area contributed by atoms with Crippen LogP contribution in [0.4, 0.5) is 0 Å². The Kier molecular flexibility index (Phi) is 4.25. The zero-order valence-electron chi connectivity index (χ0n) is 11.0. The second-order valence-electron chi connectivity index (χ2n) is 5.41. The van der Waals surface area contributed by atoms with E-state index in [4.69, 9.17) is 11.6 Å². The third-order valence-corrected chi connectivity index (χ3v) is 3.28. The first-order valence-electron chi connectivity index (χ1n) is 6.30. The molecule has 0 aromatic carbocycles. The summed E-state index contributed by atoms with van der Waals surface area (Å²) in [6, 6.07) is 6.03. The number of hydrogen-bond acceptors (Lipinski definition) is 2. The Morgan fingerprint density at radius 2 is 2.22 bits per heavy atom. The molecule has 0 saturated heterocycles. The maximum absolute atomic E-state index is 5.79. The van der Waals surface area contributed by atoms with E-state index >= 15 is 0 Å². The minimum atomic E-state index is 0.237. The topological polar surface area (TPSA) is 29.3 Å². The van der Waals surface area contributed by atoms with E-state index in [1.54, 1.807) is 0 Å². The van der Waals surface area contributed by atoms with E-state index in [9.17, 15) is 0 Å². The van der Waals surface area contributed by atoms with Gasteiger partial charge in [0.15, 0.2) is 0 Å². The monoisotopic (exact) mass is 265 g/mol. The second-order valence-corrected chi connectivity index (χ2v) is 5.78. The lowest BCUT2D eigenvalue weighted by atomic mass is 9.90. The predicted molar refractivity (Wildman–Crippen MR) is 76.0 cm³/mol. The van der Waals surface area contributed by atoms with Crippen molar-refractivity contribution < 1.29 is 0 Å². The van der Waals surface area contributed by atoms with Crippen molar-refractivity contribution in [2.45, 2.75) is 26.8 Å². The Balaban J connectivity index is 1.90. The number of halogens is 1. The average Bonchev–Trinajstić information content (AvgIpc) is 2.71. The molecule has 18 heavy (non-hydrogen) atoms. The summed E-state index contributed by atoms with van der Waals surface area (Å²) in [7, 11) is 0.